The Morgan fingerprint density at radius 2 is 0.545 bits per heavy atom. The van der Waals surface area contributed by atoms with Crippen LogP contribution in [0.15, 0.2) is 20.6 Å². The number of hydrogen-bond acceptors (Lipinski definition) is 8. The first-order valence-electron chi connectivity index (χ1n) is 13.3. The third-order valence-electron chi connectivity index (χ3n) is 6.87. The van der Waals surface area contributed by atoms with Gasteiger partial charge in [0.2, 0.25) is 0 Å². The van der Waals surface area contributed by atoms with E-state index in [9.17, 15) is 0 Å². The molecular formula is C24H40N4O4Si. The van der Waals surface area contributed by atoms with Crippen molar-refractivity contribution in [2.45, 2.75) is 128 Å². The molecule has 4 fully saturated rings. The van der Waals surface area contributed by atoms with Gasteiger partial charge >= 0.3 is 9.05 Å². The first-order valence-corrected chi connectivity index (χ1v) is 14.9. The van der Waals surface area contributed by atoms with Crippen molar-refractivity contribution in [3.8, 4) is 0 Å². The minimum absolute atomic E-state index is 0.933. The Hall–Kier alpha value is -1.90. The van der Waals surface area contributed by atoms with Gasteiger partial charge in [0, 0.05) is 0 Å². The predicted molar refractivity (Wildman–Crippen MR) is 132 cm³/mol. The Morgan fingerprint density at radius 3 is 0.758 bits per heavy atom. The van der Waals surface area contributed by atoms with Gasteiger partial charge in [0.05, 0.1) is 22.8 Å². The summed E-state index contributed by atoms with van der Waals surface area (Å²) in [6, 6.07) is 0. The molecule has 0 amide bonds. The van der Waals surface area contributed by atoms with Gasteiger partial charge in [-0.1, -0.05) is 25.7 Å². The zero-order chi connectivity index (χ0) is 22.6. The van der Waals surface area contributed by atoms with E-state index in [-0.39, 0.29) is 0 Å². The molecule has 0 radical (unpaired) electrons. The van der Waals surface area contributed by atoms with Crippen LogP contribution in [0.5, 0.6) is 0 Å². The van der Waals surface area contributed by atoms with Crippen molar-refractivity contribution in [2.24, 2.45) is 20.6 Å². The van der Waals surface area contributed by atoms with E-state index >= 15 is 0 Å². The molecule has 0 aromatic heterocycles. The van der Waals surface area contributed by atoms with Crippen molar-refractivity contribution in [3.63, 3.8) is 0 Å². The van der Waals surface area contributed by atoms with Gasteiger partial charge in [-0.25, -0.2) is 0 Å². The molecule has 0 N–H and O–H groups in total. The molecule has 0 aliphatic heterocycles. The van der Waals surface area contributed by atoms with Crippen LogP contribution in [-0.4, -0.2) is 31.9 Å². The second-order valence-corrected chi connectivity index (χ2v) is 11.5. The van der Waals surface area contributed by atoms with Crippen molar-refractivity contribution >= 4 is 31.9 Å². The van der Waals surface area contributed by atoms with Gasteiger partial charge in [0.1, 0.15) is 0 Å². The molecule has 0 unspecified atom stereocenters. The fraction of sp³-hybridized carbons (Fsp3) is 0.833. The van der Waals surface area contributed by atoms with Crippen LogP contribution >= 0.6 is 0 Å². The SMILES string of the molecule is C1CCC(=NO[Si](ON=C2CCCCC2)(ON=C2CCCCC2)ON=C2CCCCC2)CC1. The molecule has 0 atom stereocenters. The van der Waals surface area contributed by atoms with Gasteiger partial charge in [-0.05, 0) is 103 Å². The highest BCUT2D eigenvalue weighted by atomic mass is 28.4. The summed E-state index contributed by atoms with van der Waals surface area (Å²) in [5, 5.41) is 17.8. The average Bonchev–Trinajstić information content (AvgIpc) is 2.90. The van der Waals surface area contributed by atoms with Crippen molar-refractivity contribution in [1.82, 2.24) is 0 Å². The molecule has 4 rings (SSSR count). The second kappa shape index (κ2) is 13.1. The Balaban J connectivity index is 1.56. The van der Waals surface area contributed by atoms with Crippen LogP contribution < -0.4 is 0 Å². The summed E-state index contributed by atoms with van der Waals surface area (Å²) in [5.74, 6) is 0. The molecule has 0 bridgehead atoms. The van der Waals surface area contributed by atoms with Crippen LogP contribution in [0, 0.1) is 0 Å². The Morgan fingerprint density at radius 1 is 0.333 bits per heavy atom. The average molecular weight is 477 g/mol. The van der Waals surface area contributed by atoms with Crippen molar-refractivity contribution in [1.29, 1.82) is 0 Å². The van der Waals surface area contributed by atoms with E-state index < -0.39 is 9.05 Å². The number of rotatable bonds is 8. The normalized spacial score (nSPS) is 22.3. The standard InChI is InChI=1S/C24H40N4O4Si/c1-5-13-21(14-6-1)25-29-33(30-26-22-15-7-2-8-16-22,31-27-23-17-9-3-10-18-23)32-28-24-19-11-4-12-20-24/h1-20H2. The lowest BCUT2D eigenvalue weighted by Gasteiger charge is -2.22. The molecule has 33 heavy (non-hydrogen) atoms. The van der Waals surface area contributed by atoms with Gasteiger partial charge < -0.3 is 18.1 Å². The number of hydrogen-bond donors (Lipinski definition) is 0. The highest BCUT2D eigenvalue weighted by molar-refractivity contribution is 6.53. The summed E-state index contributed by atoms with van der Waals surface area (Å²) in [7, 11) is -3.88. The fourth-order valence-corrected chi connectivity index (χ4v) is 5.95. The van der Waals surface area contributed by atoms with Crippen LogP contribution in [0.25, 0.3) is 0 Å². The van der Waals surface area contributed by atoms with E-state index in [1.165, 1.54) is 25.7 Å². The van der Waals surface area contributed by atoms with Crippen LogP contribution in [0.3, 0.4) is 0 Å². The van der Waals surface area contributed by atoms with Gasteiger partial charge in [0.25, 0.3) is 0 Å². The predicted octanol–water partition coefficient (Wildman–Crippen LogP) is 6.77. The summed E-state index contributed by atoms with van der Waals surface area (Å²) in [5.41, 5.74) is 4.09. The van der Waals surface area contributed by atoms with Gasteiger partial charge in [-0.2, -0.15) is 0 Å². The Kier molecular flexibility index (Phi) is 9.62. The van der Waals surface area contributed by atoms with E-state index in [4.69, 9.17) is 18.1 Å². The molecule has 0 spiro atoms. The minimum atomic E-state index is -3.88. The number of nitrogens with zero attached hydrogens (tertiary/aromatic N) is 4. The smallest absolute Gasteiger partial charge is 0.340 e. The lowest BCUT2D eigenvalue weighted by Crippen LogP contribution is -2.45. The zero-order valence-corrected chi connectivity index (χ0v) is 21.1. The van der Waals surface area contributed by atoms with E-state index in [1.807, 2.05) is 0 Å². The maximum Gasteiger partial charge on any atom is 1.05 e. The van der Waals surface area contributed by atoms with Gasteiger partial charge in [-0.15, -0.1) is 20.6 Å². The van der Waals surface area contributed by atoms with Crippen LogP contribution in [0.4, 0.5) is 0 Å². The minimum Gasteiger partial charge on any atom is -0.340 e. The number of oxime groups is 4. The monoisotopic (exact) mass is 476 g/mol. The first kappa shape index (κ1) is 24.2. The quantitative estimate of drug-likeness (QED) is 0.286. The summed E-state index contributed by atoms with van der Waals surface area (Å²) in [4.78, 5) is 0. The third kappa shape index (κ3) is 8.12. The zero-order valence-electron chi connectivity index (χ0n) is 20.1. The molecule has 184 valence electrons. The highest BCUT2D eigenvalue weighted by Gasteiger charge is 2.63. The molecule has 4 aliphatic carbocycles. The third-order valence-corrected chi connectivity index (χ3v) is 8.13. The highest BCUT2D eigenvalue weighted by Crippen LogP contribution is 2.24. The maximum atomic E-state index is 5.98. The van der Waals surface area contributed by atoms with Crippen molar-refractivity contribution in [2.75, 3.05) is 0 Å². The van der Waals surface area contributed by atoms with Gasteiger partial charge in [-0.3, -0.25) is 0 Å². The molecule has 8 nitrogen and oxygen atoms in total. The molecule has 0 aromatic rings. The molecule has 0 aromatic carbocycles. The van der Waals surface area contributed by atoms with Crippen molar-refractivity contribution < 1.29 is 18.1 Å². The van der Waals surface area contributed by atoms with Crippen LogP contribution in [-0.2, 0) is 18.1 Å². The van der Waals surface area contributed by atoms with Crippen LogP contribution in [0.1, 0.15) is 128 Å². The van der Waals surface area contributed by atoms with E-state index in [2.05, 4.69) is 20.6 Å². The molecule has 0 heterocycles. The molecule has 4 saturated carbocycles. The maximum absolute atomic E-state index is 5.98. The van der Waals surface area contributed by atoms with Crippen molar-refractivity contribution in [3.05, 3.63) is 0 Å². The molecular weight excluding hydrogens is 436 g/mol. The summed E-state index contributed by atoms with van der Waals surface area (Å²) >= 11 is 0. The van der Waals surface area contributed by atoms with Crippen LogP contribution in [0.2, 0.25) is 0 Å². The summed E-state index contributed by atoms with van der Waals surface area (Å²) < 4.78 is 23.9. The lowest BCUT2D eigenvalue weighted by atomic mass is 9.99. The molecule has 9 heteroatoms. The topological polar surface area (TPSA) is 86.4 Å². The van der Waals surface area contributed by atoms with Gasteiger partial charge in [0.15, 0.2) is 0 Å². The first-order chi connectivity index (χ1) is 16.3. The second-order valence-electron chi connectivity index (χ2n) is 9.74. The molecule has 0 saturated heterocycles. The van der Waals surface area contributed by atoms with E-state index in [0.29, 0.717) is 0 Å². The van der Waals surface area contributed by atoms with E-state index in [1.54, 1.807) is 0 Å². The Bertz CT molecular complexity index is 595. The fourth-order valence-electron chi connectivity index (χ4n) is 4.79. The molecule has 4 aliphatic rings. The lowest BCUT2D eigenvalue weighted by molar-refractivity contribution is -0.0326. The largest absolute Gasteiger partial charge is 1.05 e. The summed E-state index contributed by atoms with van der Waals surface area (Å²) in [6.45, 7) is 0. The Labute approximate surface area is 199 Å². The van der Waals surface area contributed by atoms with E-state index in [0.717, 1.165) is 126 Å². The summed E-state index contributed by atoms with van der Waals surface area (Å²) in [6.07, 6.45) is 21.5.